The van der Waals surface area contributed by atoms with Gasteiger partial charge in [0, 0.05) is 12.7 Å². The third kappa shape index (κ3) is 3.41. The standard InChI is InChI=1S/C15H23N/c1-5-13-8-7-9-14(10-13)11-15(6-2)12(3)16-4/h7-10,16H,5-6,11H2,1-4H3/b15-12+. The van der Waals surface area contributed by atoms with Gasteiger partial charge in [-0.3, -0.25) is 0 Å². The van der Waals surface area contributed by atoms with E-state index in [4.69, 9.17) is 0 Å². The molecule has 0 saturated carbocycles. The van der Waals surface area contributed by atoms with E-state index in [-0.39, 0.29) is 0 Å². The van der Waals surface area contributed by atoms with Gasteiger partial charge < -0.3 is 5.32 Å². The minimum Gasteiger partial charge on any atom is -0.392 e. The fraction of sp³-hybridized carbons (Fsp3) is 0.467. The van der Waals surface area contributed by atoms with Crippen LogP contribution < -0.4 is 5.32 Å². The van der Waals surface area contributed by atoms with Gasteiger partial charge in [-0.2, -0.15) is 0 Å². The van der Waals surface area contributed by atoms with Crippen molar-refractivity contribution in [2.24, 2.45) is 0 Å². The summed E-state index contributed by atoms with van der Waals surface area (Å²) in [5, 5.41) is 3.24. The number of nitrogens with one attached hydrogen (secondary N) is 1. The first-order valence-corrected chi connectivity index (χ1v) is 6.15. The average molecular weight is 217 g/mol. The third-order valence-corrected chi connectivity index (χ3v) is 3.15. The van der Waals surface area contributed by atoms with Crippen LogP contribution in [-0.4, -0.2) is 7.05 Å². The fourth-order valence-corrected chi connectivity index (χ4v) is 1.91. The molecule has 0 spiro atoms. The molecule has 1 N–H and O–H groups in total. The van der Waals surface area contributed by atoms with Crippen LogP contribution in [0.5, 0.6) is 0 Å². The van der Waals surface area contributed by atoms with Crippen LogP contribution in [0.3, 0.4) is 0 Å². The van der Waals surface area contributed by atoms with Crippen molar-refractivity contribution in [3.05, 3.63) is 46.7 Å². The van der Waals surface area contributed by atoms with Crippen molar-refractivity contribution in [3.63, 3.8) is 0 Å². The second kappa shape index (κ2) is 6.37. The van der Waals surface area contributed by atoms with Crippen LogP contribution >= 0.6 is 0 Å². The number of benzene rings is 1. The predicted octanol–water partition coefficient (Wildman–Crippen LogP) is 3.69. The molecule has 88 valence electrons. The summed E-state index contributed by atoms with van der Waals surface area (Å²) in [5.74, 6) is 0. The zero-order valence-corrected chi connectivity index (χ0v) is 10.9. The summed E-state index contributed by atoms with van der Waals surface area (Å²) >= 11 is 0. The van der Waals surface area contributed by atoms with Crippen molar-refractivity contribution in [3.8, 4) is 0 Å². The lowest BCUT2D eigenvalue weighted by Gasteiger charge is -2.11. The Labute approximate surface area is 99.6 Å². The highest BCUT2D eigenvalue weighted by molar-refractivity contribution is 5.28. The van der Waals surface area contributed by atoms with Crippen molar-refractivity contribution in [2.45, 2.75) is 40.0 Å². The zero-order chi connectivity index (χ0) is 12.0. The summed E-state index contributed by atoms with van der Waals surface area (Å²) in [6.07, 6.45) is 3.30. The highest BCUT2D eigenvalue weighted by Gasteiger charge is 2.02. The normalized spacial score (nSPS) is 12.2. The zero-order valence-electron chi connectivity index (χ0n) is 10.9. The molecule has 0 saturated heterocycles. The second-order valence-electron chi connectivity index (χ2n) is 4.18. The van der Waals surface area contributed by atoms with E-state index in [1.807, 2.05) is 7.05 Å². The Morgan fingerprint density at radius 1 is 1.19 bits per heavy atom. The van der Waals surface area contributed by atoms with E-state index in [9.17, 15) is 0 Å². The Bertz CT molecular complexity index is 363. The highest BCUT2D eigenvalue weighted by atomic mass is 14.8. The van der Waals surface area contributed by atoms with Gasteiger partial charge in [-0.25, -0.2) is 0 Å². The molecule has 16 heavy (non-hydrogen) atoms. The van der Waals surface area contributed by atoms with E-state index in [1.54, 1.807) is 0 Å². The molecule has 0 aliphatic heterocycles. The van der Waals surface area contributed by atoms with Gasteiger partial charge >= 0.3 is 0 Å². The molecule has 0 aliphatic carbocycles. The average Bonchev–Trinajstić information content (AvgIpc) is 2.35. The monoisotopic (exact) mass is 217 g/mol. The van der Waals surface area contributed by atoms with E-state index in [0.29, 0.717) is 0 Å². The van der Waals surface area contributed by atoms with Gasteiger partial charge in [0.1, 0.15) is 0 Å². The number of hydrogen-bond acceptors (Lipinski definition) is 1. The Balaban J connectivity index is 2.86. The van der Waals surface area contributed by atoms with Crippen LogP contribution in [0, 0.1) is 0 Å². The topological polar surface area (TPSA) is 12.0 Å². The van der Waals surface area contributed by atoms with Gasteiger partial charge in [0.25, 0.3) is 0 Å². The minimum atomic E-state index is 1.07. The van der Waals surface area contributed by atoms with Gasteiger partial charge in [0.15, 0.2) is 0 Å². The smallest absolute Gasteiger partial charge is 0.00676 e. The number of aryl methyl sites for hydroxylation is 1. The fourth-order valence-electron chi connectivity index (χ4n) is 1.91. The van der Waals surface area contributed by atoms with Gasteiger partial charge in [-0.15, -0.1) is 0 Å². The van der Waals surface area contributed by atoms with Crippen molar-refractivity contribution in [1.82, 2.24) is 5.32 Å². The maximum Gasteiger partial charge on any atom is 0.00676 e. The molecule has 0 bridgehead atoms. The molecule has 1 heteroatoms. The van der Waals surface area contributed by atoms with E-state index in [0.717, 1.165) is 19.3 Å². The van der Waals surface area contributed by atoms with E-state index in [1.165, 1.54) is 22.4 Å². The van der Waals surface area contributed by atoms with Crippen LogP contribution in [0.4, 0.5) is 0 Å². The number of allylic oxidation sites excluding steroid dienone is 2. The Morgan fingerprint density at radius 2 is 1.88 bits per heavy atom. The molecule has 0 aromatic heterocycles. The Hall–Kier alpha value is -1.24. The molecule has 0 atom stereocenters. The number of rotatable bonds is 5. The van der Waals surface area contributed by atoms with E-state index < -0.39 is 0 Å². The van der Waals surface area contributed by atoms with Gasteiger partial charge in [-0.1, -0.05) is 38.1 Å². The van der Waals surface area contributed by atoms with E-state index >= 15 is 0 Å². The summed E-state index contributed by atoms with van der Waals surface area (Å²) in [7, 11) is 1.99. The van der Waals surface area contributed by atoms with Gasteiger partial charge in [0.2, 0.25) is 0 Å². The molecule has 0 aliphatic rings. The highest BCUT2D eigenvalue weighted by Crippen LogP contribution is 2.15. The van der Waals surface area contributed by atoms with Crippen LogP contribution in [0.1, 0.15) is 38.3 Å². The van der Waals surface area contributed by atoms with Crippen LogP contribution in [-0.2, 0) is 12.8 Å². The van der Waals surface area contributed by atoms with Crippen molar-refractivity contribution >= 4 is 0 Å². The second-order valence-corrected chi connectivity index (χ2v) is 4.18. The lowest BCUT2D eigenvalue weighted by atomic mass is 9.99. The Morgan fingerprint density at radius 3 is 2.44 bits per heavy atom. The van der Waals surface area contributed by atoms with E-state index in [2.05, 4.69) is 50.4 Å². The molecule has 0 amide bonds. The molecule has 1 nitrogen and oxygen atoms in total. The van der Waals surface area contributed by atoms with Crippen LogP contribution in [0.25, 0.3) is 0 Å². The lowest BCUT2D eigenvalue weighted by Crippen LogP contribution is -2.07. The Kier molecular flexibility index (Phi) is 5.10. The first-order valence-electron chi connectivity index (χ1n) is 6.15. The maximum atomic E-state index is 3.24. The molecule has 1 rings (SSSR count). The summed E-state index contributed by atoms with van der Waals surface area (Å²) < 4.78 is 0. The van der Waals surface area contributed by atoms with Crippen molar-refractivity contribution in [2.75, 3.05) is 7.05 Å². The molecule has 1 aromatic rings. The van der Waals surface area contributed by atoms with Crippen LogP contribution in [0.15, 0.2) is 35.5 Å². The minimum absolute atomic E-state index is 1.07. The molecule has 0 fully saturated rings. The molecule has 0 radical (unpaired) electrons. The maximum absolute atomic E-state index is 3.24. The molecular weight excluding hydrogens is 194 g/mol. The quantitative estimate of drug-likeness (QED) is 0.793. The van der Waals surface area contributed by atoms with Crippen molar-refractivity contribution < 1.29 is 0 Å². The largest absolute Gasteiger partial charge is 0.392 e. The SMILES string of the molecule is CC/C(Cc1cccc(CC)c1)=C(/C)NC. The van der Waals surface area contributed by atoms with Crippen molar-refractivity contribution in [1.29, 1.82) is 0 Å². The molecule has 1 aromatic carbocycles. The number of hydrogen-bond donors (Lipinski definition) is 1. The predicted molar refractivity (Wildman–Crippen MR) is 71.6 cm³/mol. The molecule has 0 heterocycles. The van der Waals surface area contributed by atoms with Crippen LogP contribution in [0.2, 0.25) is 0 Å². The third-order valence-electron chi connectivity index (χ3n) is 3.15. The first-order chi connectivity index (χ1) is 7.71. The molecular formula is C15H23N. The summed E-state index contributed by atoms with van der Waals surface area (Å²) in [6, 6.07) is 8.90. The summed E-state index contributed by atoms with van der Waals surface area (Å²) in [4.78, 5) is 0. The molecule has 0 unspecified atom stereocenters. The first kappa shape index (κ1) is 12.8. The van der Waals surface area contributed by atoms with Gasteiger partial charge in [0.05, 0.1) is 0 Å². The van der Waals surface area contributed by atoms with Gasteiger partial charge in [-0.05, 0) is 42.9 Å². The summed E-state index contributed by atoms with van der Waals surface area (Å²) in [5.41, 5.74) is 5.65. The summed E-state index contributed by atoms with van der Waals surface area (Å²) in [6.45, 7) is 6.58. The lowest BCUT2D eigenvalue weighted by molar-refractivity contribution is 0.883.